The molecular formula is C34H47N5O8S2. The van der Waals surface area contributed by atoms with Gasteiger partial charge < -0.3 is 24.8 Å². The summed E-state index contributed by atoms with van der Waals surface area (Å²) in [5, 5.41) is 5.87. The molecule has 13 nitrogen and oxygen atoms in total. The molecule has 268 valence electrons. The zero-order valence-electron chi connectivity index (χ0n) is 29.1. The minimum atomic E-state index is -4.00. The van der Waals surface area contributed by atoms with Crippen molar-refractivity contribution in [3.8, 4) is 5.88 Å². The summed E-state index contributed by atoms with van der Waals surface area (Å²) in [6.07, 6.45) is 4.05. The summed E-state index contributed by atoms with van der Waals surface area (Å²) in [4.78, 5) is 48.5. The number of alkyl carbamates (subject to hydrolysis) is 1. The molecule has 0 spiro atoms. The number of sulfonamides is 1. The number of carbonyl (C=O) groups excluding carboxylic acids is 3. The smallest absolute Gasteiger partial charge is 0.408 e. The summed E-state index contributed by atoms with van der Waals surface area (Å²) in [6.45, 7) is 9.99. The summed E-state index contributed by atoms with van der Waals surface area (Å²) >= 11 is 1.25. The lowest BCUT2D eigenvalue weighted by atomic mass is 9.87. The number of thiazole rings is 1. The molecule has 49 heavy (non-hydrogen) atoms. The van der Waals surface area contributed by atoms with Crippen molar-refractivity contribution in [2.24, 2.45) is 5.92 Å². The zero-order chi connectivity index (χ0) is 36.0. The Morgan fingerprint density at radius 3 is 2.20 bits per heavy atom. The second-order valence-electron chi connectivity index (χ2n) is 14.1. The van der Waals surface area contributed by atoms with E-state index in [1.165, 1.54) is 30.6 Å². The first-order valence-electron chi connectivity index (χ1n) is 16.4. The SMILES string of the molecule is COc1ccc2nc(NC(=O)C(CC3CCCC3)c3ccc(S(=O)(=O)NCCC(NC(=O)OC(C)(C)C)C(=O)OC(C)(C)C)cc3)sc2n1. The fourth-order valence-corrected chi connectivity index (χ4v) is 7.39. The molecule has 2 unspecified atom stereocenters. The van der Waals surface area contributed by atoms with E-state index in [0.717, 1.165) is 25.7 Å². The number of ether oxygens (including phenoxy) is 3. The second-order valence-corrected chi connectivity index (χ2v) is 16.9. The van der Waals surface area contributed by atoms with Crippen LogP contribution in [-0.2, 0) is 29.1 Å². The summed E-state index contributed by atoms with van der Waals surface area (Å²) in [5.74, 6) is -0.615. The maximum absolute atomic E-state index is 13.7. The monoisotopic (exact) mass is 717 g/mol. The molecule has 1 fully saturated rings. The van der Waals surface area contributed by atoms with Gasteiger partial charge in [0.05, 0.1) is 17.9 Å². The van der Waals surface area contributed by atoms with E-state index in [1.807, 2.05) is 0 Å². The van der Waals surface area contributed by atoms with E-state index in [2.05, 4.69) is 25.3 Å². The number of rotatable bonds is 13. The van der Waals surface area contributed by atoms with Crippen LogP contribution in [0.25, 0.3) is 10.3 Å². The Bertz CT molecular complexity index is 1720. The van der Waals surface area contributed by atoms with Crippen LogP contribution in [0.2, 0.25) is 0 Å². The van der Waals surface area contributed by atoms with Gasteiger partial charge in [-0.15, -0.1) is 0 Å². The molecule has 1 aromatic carbocycles. The van der Waals surface area contributed by atoms with Gasteiger partial charge in [-0.25, -0.2) is 32.7 Å². The largest absolute Gasteiger partial charge is 0.481 e. The van der Waals surface area contributed by atoms with E-state index in [0.29, 0.717) is 39.3 Å². The van der Waals surface area contributed by atoms with Crippen LogP contribution >= 0.6 is 11.3 Å². The molecule has 4 rings (SSSR count). The van der Waals surface area contributed by atoms with E-state index < -0.39 is 45.2 Å². The topological polar surface area (TPSA) is 175 Å². The molecule has 3 N–H and O–H groups in total. The second kappa shape index (κ2) is 15.8. The van der Waals surface area contributed by atoms with Gasteiger partial charge in [0.2, 0.25) is 21.8 Å². The van der Waals surface area contributed by atoms with Gasteiger partial charge in [0.15, 0.2) is 5.13 Å². The first kappa shape index (κ1) is 38.0. The Hall–Kier alpha value is -3.82. The highest BCUT2D eigenvalue weighted by Gasteiger charge is 2.30. The lowest BCUT2D eigenvalue weighted by molar-refractivity contribution is -0.157. The van der Waals surface area contributed by atoms with Gasteiger partial charge in [-0.05, 0) is 84.1 Å². The van der Waals surface area contributed by atoms with Crippen molar-refractivity contribution in [3.63, 3.8) is 0 Å². The van der Waals surface area contributed by atoms with Crippen molar-refractivity contribution in [1.29, 1.82) is 0 Å². The van der Waals surface area contributed by atoms with Gasteiger partial charge in [0, 0.05) is 12.6 Å². The van der Waals surface area contributed by atoms with Crippen LogP contribution in [-0.4, -0.2) is 67.3 Å². The third-order valence-electron chi connectivity index (χ3n) is 7.73. The average molecular weight is 718 g/mol. The number of amides is 2. The van der Waals surface area contributed by atoms with Crippen LogP contribution in [0.5, 0.6) is 5.88 Å². The number of aromatic nitrogens is 2. The first-order valence-corrected chi connectivity index (χ1v) is 18.7. The molecule has 0 bridgehead atoms. The summed E-state index contributed by atoms with van der Waals surface area (Å²) < 4.78 is 44.9. The standard InChI is InChI=1S/C34H47N5O8S2/c1-33(2,3)46-30(41)26(37-32(42)47-34(4,5)6)18-19-35-49(43,44)23-14-12-22(13-15-23)24(20-21-10-8-9-11-21)28(40)39-31-36-25-16-17-27(45-7)38-29(25)48-31/h12-17,21,24,26,35H,8-11,18-20H2,1-7H3,(H,37,42)(H,36,39,40). The maximum Gasteiger partial charge on any atom is 0.408 e. The third-order valence-corrected chi connectivity index (χ3v) is 10.1. The predicted octanol–water partition coefficient (Wildman–Crippen LogP) is 5.91. The van der Waals surface area contributed by atoms with Crippen LogP contribution in [0.4, 0.5) is 9.93 Å². The van der Waals surface area contributed by atoms with Gasteiger partial charge in [-0.3, -0.25) is 4.79 Å². The normalized spacial score (nSPS) is 15.4. The molecule has 0 saturated heterocycles. The number of hydrogen-bond donors (Lipinski definition) is 3. The van der Waals surface area contributed by atoms with Crippen molar-refractivity contribution >= 4 is 54.8 Å². The molecule has 15 heteroatoms. The number of benzene rings is 1. The maximum atomic E-state index is 13.7. The van der Waals surface area contributed by atoms with Crippen molar-refractivity contribution in [1.82, 2.24) is 20.0 Å². The van der Waals surface area contributed by atoms with Crippen LogP contribution in [0.1, 0.15) is 91.5 Å². The Balaban J connectivity index is 1.45. The van der Waals surface area contributed by atoms with Crippen LogP contribution in [0.3, 0.4) is 0 Å². The van der Waals surface area contributed by atoms with E-state index in [9.17, 15) is 22.8 Å². The number of hydrogen-bond acceptors (Lipinski definition) is 11. The van der Waals surface area contributed by atoms with Gasteiger partial charge in [0.1, 0.15) is 27.6 Å². The van der Waals surface area contributed by atoms with E-state index >= 15 is 0 Å². The minimum Gasteiger partial charge on any atom is -0.481 e. The quantitative estimate of drug-likeness (QED) is 0.180. The highest BCUT2D eigenvalue weighted by atomic mass is 32.2. The molecule has 2 heterocycles. The van der Waals surface area contributed by atoms with Gasteiger partial charge in [0.25, 0.3) is 0 Å². The number of anilines is 1. The van der Waals surface area contributed by atoms with Crippen molar-refractivity contribution in [3.05, 3.63) is 42.0 Å². The summed E-state index contributed by atoms with van der Waals surface area (Å²) in [5.41, 5.74) is -0.281. The van der Waals surface area contributed by atoms with Crippen LogP contribution in [0.15, 0.2) is 41.3 Å². The van der Waals surface area contributed by atoms with E-state index in [-0.39, 0.29) is 23.8 Å². The molecule has 0 aliphatic heterocycles. The first-order chi connectivity index (χ1) is 22.9. The summed E-state index contributed by atoms with van der Waals surface area (Å²) in [6, 6.07) is 8.59. The minimum absolute atomic E-state index is 0.00334. The molecule has 2 aromatic heterocycles. The van der Waals surface area contributed by atoms with Gasteiger partial charge in [-0.2, -0.15) is 0 Å². The Morgan fingerprint density at radius 2 is 1.59 bits per heavy atom. The Kier molecular flexibility index (Phi) is 12.3. The number of methoxy groups -OCH3 is 1. The van der Waals surface area contributed by atoms with Gasteiger partial charge in [-0.1, -0.05) is 49.2 Å². The Morgan fingerprint density at radius 1 is 0.939 bits per heavy atom. The van der Waals surface area contributed by atoms with Crippen LogP contribution in [0, 0.1) is 5.92 Å². The molecule has 1 saturated carbocycles. The van der Waals surface area contributed by atoms with Crippen LogP contribution < -0.4 is 20.1 Å². The fourth-order valence-electron chi connectivity index (χ4n) is 5.51. The summed E-state index contributed by atoms with van der Waals surface area (Å²) in [7, 11) is -2.47. The molecule has 1 aliphatic rings. The highest BCUT2D eigenvalue weighted by Crippen LogP contribution is 2.36. The number of nitrogens with zero attached hydrogens (tertiary/aromatic N) is 2. The van der Waals surface area contributed by atoms with Crippen molar-refractivity contribution in [2.45, 2.75) is 108 Å². The third kappa shape index (κ3) is 11.4. The number of carbonyl (C=O) groups is 3. The van der Waals surface area contributed by atoms with Crippen molar-refractivity contribution in [2.75, 3.05) is 19.0 Å². The predicted molar refractivity (Wildman–Crippen MR) is 187 cm³/mol. The molecule has 1 aliphatic carbocycles. The molecule has 3 aromatic rings. The van der Waals surface area contributed by atoms with Gasteiger partial charge >= 0.3 is 12.1 Å². The lowest BCUT2D eigenvalue weighted by Crippen LogP contribution is -2.47. The fraction of sp³-hybridized carbons (Fsp3) is 0.559. The van der Waals surface area contributed by atoms with E-state index in [4.69, 9.17) is 14.2 Å². The average Bonchev–Trinajstić information content (AvgIpc) is 3.66. The number of fused-ring (bicyclic) bond motifs is 1. The van der Waals surface area contributed by atoms with Crippen molar-refractivity contribution < 1.29 is 37.0 Å². The molecule has 2 amide bonds. The molecule has 2 atom stereocenters. The molecular weight excluding hydrogens is 671 g/mol. The Labute approximate surface area is 292 Å². The number of esters is 1. The van der Waals surface area contributed by atoms with E-state index in [1.54, 1.807) is 65.8 Å². The molecule has 0 radical (unpaired) electrons. The number of pyridine rings is 1. The number of nitrogens with one attached hydrogen (secondary N) is 3. The highest BCUT2D eigenvalue weighted by molar-refractivity contribution is 7.89. The zero-order valence-corrected chi connectivity index (χ0v) is 30.8. The lowest BCUT2D eigenvalue weighted by Gasteiger charge is -2.26.